The number of nitrogens with zero attached hydrogens (tertiary/aromatic N) is 1. The molecule has 1 aromatic rings. The van der Waals surface area contributed by atoms with Crippen LogP contribution < -0.4 is 14.6 Å². The predicted octanol–water partition coefficient (Wildman–Crippen LogP) is 0.840. The third-order valence-corrected chi connectivity index (χ3v) is 3.54. The molecule has 1 aliphatic heterocycles. The van der Waals surface area contributed by atoms with E-state index in [1.165, 1.54) is 18.2 Å². The molecule has 1 heterocycles. The Labute approximate surface area is 129 Å². The summed E-state index contributed by atoms with van der Waals surface area (Å²) in [5, 5.41) is 10.9. The van der Waals surface area contributed by atoms with Crippen LogP contribution in [0.5, 0.6) is 11.5 Å². The fraction of sp³-hybridized carbons (Fsp3) is 0.500. The lowest BCUT2D eigenvalue weighted by molar-refractivity contribution is -0.255. The number of carboxylic acids is 1. The first-order valence-corrected chi connectivity index (χ1v) is 7.50. The van der Waals surface area contributed by atoms with Crippen LogP contribution in [0.25, 0.3) is 0 Å². The highest BCUT2D eigenvalue weighted by Crippen LogP contribution is 2.28. The lowest BCUT2D eigenvalue weighted by Crippen LogP contribution is -2.38. The number of carbonyl (C=O) groups excluding carboxylic acids is 2. The Morgan fingerprint density at radius 3 is 2.50 bits per heavy atom. The van der Waals surface area contributed by atoms with E-state index in [9.17, 15) is 14.7 Å². The average molecular weight is 306 g/mol. The van der Waals surface area contributed by atoms with Crippen molar-refractivity contribution in [3.8, 4) is 11.5 Å². The number of amides is 1. The van der Waals surface area contributed by atoms with Crippen molar-refractivity contribution in [1.29, 1.82) is 0 Å². The predicted molar refractivity (Wildman–Crippen MR) is 77.9 cm³/mol. The zero-order chi connectivity index (χ0) is 15.9. The van der Waals surface area contributed by atoms with Crippen LogP contribution in [0.2, 0.25) is 0 Å². The summed E-state index contributed by atoms with van der Waals surface area (Å²) in [5.74, 6) is -0.684. The van der Waals surface area contributed by atoms with Crippen molar-refractivity contribution in [2.45, 2.75) is 26.2 Å². The normalized spacial score (nSPS) is 14.5. The number of ether oxygens (including phenoxy) is 2. The zero-order valence-corrected chi connectivity index (χ0v) is 12.7. The van der Waals surface area contributed by atoms with Gasteiger partial charge in [-0.2, -0.15) is 0 Å². The molecule has 1 aliphatic rings. The lowest BCUT2D eigenvalue weighted by atomic mass is 10.1. The number of hydrogen-bond donors (Lipinski definition) is 0. The Bertz CT molecular complexity index is 537. The molecular weight excluding hydrogens is 286 g/mol. The highest BCUT2D eigenvalue weighted by molar-refractivity contribution is 5.86. The number of aromatic carboxylic acids is 1. The maximum atomic E-state index is 12.1. The second-order valence-electron chi connectivity index (χ2n) is 5.11. The van der Waals surface area contributed by atoms with Gasteiger partial charge in [-0.3, -0.25) is 4.79 Å². The summed E-state index contributed by atoms with van der Waals surface area (Å²) in [6.45, 7) is 3.61. The molecule has 0 aliphatic carbocycles. The second kappa shape index (κ2) is 7.68. The molecule has 2 rings (SSSR count). The van der Waals surface area contributed by atoms with E-state index in [2.05, 4.69) is 0 Å². The SMILES string of the molecule is CCOc1cc(C(=O)[O-])ccc1OCC(=O)N1CCCCC1. The summed E-state index contributed by atoms with van der Waals surface area (Å²) in [6.07, 6.45) is 3.20. The standard InChI is InChI=1S/C16H21NO5/c1-2-21-14-10-12(16(19)20)6-7-13(14)22-11-15(18)17-8-4-3-5-9-17/h6-7,10H,2-5,8-9,11H2,1H3,(H,19,20)/p-1. The first-order chi connectivity index (χ1) is 10.6. The van der Waals surface area contributed by atoms with E-state index >= 15 is 0 Å². The van der Waals surface area contributed by atoms with E-state index in [0.717, 1.165) is 32.4 Å². The lowest BCUT2D eigenvalue weighted by Gasteiger charge is -2.26. The quantitative estimate of drug-likeness (QED) is 0.778. The molecule has 6 heteroatoms. The fourth-order valence-electron chi connectivity index (χ4n) is 2.40. The van der Waals surface area contributed by atoms with Gasteiger partial charge in [-0.25, -0.2) is 0 Å². The molecule has 0 aromatic heterocycles. The van der Waals surface area contributed by atoms with Crippen molar-refractivity contribution >= 4 is 11.9 Å². The minimum Gasteiger partial charge on any atom is -0.545 e. The smallest absolute Gasteiger partial charge is 0.260 e. The van der Waals surface area contributed by atoms with Crippen LogP contribution in [0, 0.1) is 0 Å². The molecule has 22 heavy (non-hydrogen) atoms. The number of piperidine rings is 1. The number of likely N-dealkylation sites (tertiary alicyclic amines) is 1. The van der Waals surface area contributed by atoms with Gasteiger partial charge in [0.2, 0.25) is 0 Å². The molecule has 0 radical (unpaired) electrons. The van der Waals surface area contributed by atoms with Gasteiger partial charge < -0.3 is 24.3 Å². The van der Waals surface area contributed by atoms with Crippen molar-refractivity contribution in [2.24, 2.45) is 0 Å². The second-order valence-corrected chi connectivity index (χ2v) is 5.11. The molecule has 1 amide bonds. The number of benzene rings is 1. The monoisotopic (exact) mass is 306 g/mol. The molecule has 0 N–H and O–H groups in total. The largest absolute Gasteiger partial charge is 0.545 e. The maximum absolute atomic E-state index is 12.1. The molecule has 1 fully saturated rings. The molecule has 0 saturated carbocycles. The number of carbonyl (C=O) groups is 2. The number of rotatable bonds is 6. The molecule has 120 valence electrons. The Hall–Kier alpha value is -2.24. The van der Waals surface area contributed by atoms with Gasteiger partial charge in [-0.15, -0.1) is 0 Å². The van der Waals surface area contributed by atoms with Gasteiger partial charge in [0.15, 0.2) is 18.1 Å². The number of carboxylic acid groups (broad SMARTS) is 1. The molecule has 1 saturated heterocycles. The highest BCUT2D eigenvalue weighted by atomic mass is 16.5. The van der Waals surface area contributed by atoms with Crippen LogP contribution in [0.4, 0.5) is 0 Å². The first-order valence-electron chi connectivity index (χ1n) is 7.50. The van der Waals surface area contributed by atoms with Crippen LogP contribution in [0.15, 0.2) is 18.2 Å². The van der Waals surface area contributed by atoms with Gasteiger partial charge in [0.1, 0.15) is 0 Å². The first kappa shape index (κ1) is 16.1. The summed E-state index contributed by atoms with van der Waals surface area (Å²) < 4.78 is 10.9. The van der Waals surface area contributed by atoms with Crippen molar-refractivity contribution in [3.05, 3.63) is 23.8 Å². The van der Waals surface area contributed by atoms with Gasteiger partial charge in [0, 0.05) is 18.7 Å². The van der Waals surface area contributed by atoms with E-state index < -0.39 is 5.97 Å². The maximum Gasteiger partial charge on any atom is 0.260 e. The van der Waals surface area contributed by atoms with E-state index in [4.69, 9.17) is 9.47 Å². The van der Waals surface area contributed by atoms with Gasteiger partial charge >= 0.3 is 0 Å². The van der Waals surface area contributed by atoms with E-state index in [-0.39, 0.29) is 18.1 Å². The van der Waals surface area contributed by atoms with Gasteiger partial charge in [-0.1, -0.05) is 0 Å². The molecule has 0 unspecified atom stereocenters. The highest BCUT2D eigenvalue weighted by Gasteiger charge is 2.17. The Morgan fingerprint density at radius 2 is 1.86 bits per heavy atom. The van der Waals surface area contributed by atoms with Crippen LogP contribution in [-0.4, -0.2) is 43.1 Å². The Kier molecular flexibility index (Phi) is 5.63. The van der Waals surface area contributed by atoms with Gasteiger partial charge in [0.05, 0.1) is 12.6 Å². The van der Waals surface area contributed by atoms with Crippen LogP contribution >= 0.6 is 0 Å². The van der Waals surface area contributed by atoms with Crippen molar-refractivity contribution in [2.75, 3.05) is 26.3 Å². The third-order valence-electron chi connectivity index (χ3n) is 3.54. The minimum absolute atomic E-state index is 0.0122. The summed E-state index contributed by atoms with van der Waals surface area (Å²) in [4.78, 5) is 24.7. The molecule has 0 atom stereocenters. The zero-order valence-electron chi connectivity index (χ0n) is 12.7. The molecule has 1 aromatic carbocycles. The van der Waals surface area contributed by atoms with E-state index in [0.29, 0.717) is 18.1 Å². The van der Waals surface area contributed by atoms with Crippen molar-refractivity contribution < 1.29 is 24.2 Å². The van der Waals surface area contributed by atoms with Crippen LogP contribution in [0.3, 0.4) is 0 Å². The minimum atomic E-state index is -1.28. The number of hydrogen-bond acceptors (Lipinski definition) is 5. The van der Waals surface area contributed by atoms with Gasteiger partial charge in [0.25, 0.3) is 5.91 Å². The summed E-state index contributed by atoms with van der Waals surface area (Å²) >= 11 is 0. The Balaban J connectivity index is 2.01. The fourth-order valence-corrected chi connectivity index (χ4v) is 2.40. The average Bonchev–Trinajstić information content (AvgIpc) is 2.54. The van der Waals surface area contributed by atoms with Crippen LogP contribution in [-0.2, 0) is 4.79 Å². The summed E-state index contributed by atoms with van der Waals surface area (Å²) in [6, 6.07) is 4.21. The van der Waals surface area contributed by atoms with E-state index in [1.807, 2.05) is 0 Å². The third kappa shape index (κ3) is 4.13. The van der Waals surface area contributed by atoms with Crippen LogP contribution in [0.1, 0.15) is 36.5 Å². The molecule has 0 spiro atoms. The molecular formula is C16H20NO5-. The van der Waals surface area contributed by atoms with E-state index in [1.54, 1.807) is 11.8 Å². The van der Waals surface area contributed by atoms with Crippen molar-refractivity contribution in [1.82, 2.24) is 4.90 Å². The summed E-state index contributed by atoms with van der Waals surface area (Å²) in [5.41, 5.74) is 0.0122. The summed E-state index contributed by atoms with van der Waals surface area (Å²) in [7, 11) is 0. The van der Waals surface area contributed by atoms with Gasteiger partial charge in [-0.05, 0) is 44.4 Å². The van der Waals surface area contributed by atoms with Crippen molar-refractivity contribution in [3.63, 3.8) is 0 Å². The Morgan fingerprint density at radius 1 is 1.14 bits per heavy atom. The topological polar surface area (TPSA) is 78.9 Å². The molecule has 0 bridgehead atoms. The molecule has 6 nitrogen and oxygen atoms in total.